The molecule has 1 saturated heterocycles. The van der Waals surface area contributed by atoms with Gasteiger partial charge in [-0.25, -0.2) is 15.0 Å². The zero-order chi connectivity index (χ0) is 21.6. The molecule has 3 aromatic heterocycles. The topological polar surface area (TPSA) is 104 Å². The number of rotatable bonds is 7. The van der Waals surface area contributed by atoms with Gasteiger partial charge in [0.25, 0.3) is 5.88 Å². The largest absolute Gasteiger partial charge is 0.491 e. The SMILES string of the molecule is COc1cc(Nc2cc(-c3cnc(OC)c(OC)c3)nc(N3CCOCC3)n2)ccn1. The number of methoxy groups -OCH3 is 3. The molecule has 0 aliphatic carbocycles. The van der Waals surface area contributed by atoms with Gasteiger partial charge in [-0.05, 0) is 12.1 Å². The summed E-state index contributed by atoms with van der Waals surface area (Å²) in [5, 5.41) is 3.31. The minimum absolute atomic E-state index is 0.413. The standard InChI is InChI=1S/C21H24N6O4/c1-28-17-10-14(13-23-20(17)30-3)16-12-18(24-15-4-5-22-19(11-15)29-2)26-21(25-16)27-6-8-31-9-7-27/h4-5,10-13H,6-9H2,1-3H3,(H,22,24,25,26). The van der Waals surface area contributed by atoms with Crippen molar-refractivity contribution in [3.63, 3.8) is 0 Å². The molecule has 4 heterocycles. The fourth-order valence-corrected chi connectivity index (χ4v) is 3.17. The molecule has 0 aromatic carbocycles. The van der Waals surface area contributed by atoms with Crippen LogP contribution in [0.1, 0.15) is 0 Å². The van der Waals surface area contributed by atoms with Crippen molar-refractivity contribution < 1.29 is 18.9 Å². The molecule has 0 spiro atoms. The van der Waals surface area contributed by atoms with E-state index in [2.05, 4.69) is 20.2 Å². The van der Waals surface area contributed by atoms with E-state index < -0.39 is 0 Å². The van der Waals surface area contributed by atoms with Crippen LogP contribution in [0, 0.1) is 0 Å². The molecule has 0 saturated carbocycles. The van der Waals surface area contributed by atoms with Crippen LogP contribution in [-0.2, 0) is 4.74 Å². The third kappa shape index (κ3) is 4.75. The maximum Gasteiger partial charge on any atom is 0.256 e. The molecule has 1 aliphatic heterocycles. The molecular weight excluding hydrogens is 400 g/mol. The average molecular weight is 424 g/mol. The minimum atomic E-state index is 0.413. The van der Waals surface area contributed by atoms with Crippen molar-refractivity contribution in [1.29, 1.82) is 0 Å². The van der Waals surface area contributed by atoms with E-state index in [1.807, 2.05) is 18.2 Å². The van der Waals surface area contributed by atoms with Crippen molar-refractivity contribution in [3.05, 3.63) is 36.7 Å². The van der Waals surface area contributed by atoms with Crippen molar-refractivity contribution in [2.75, 3.05) is 57.8 Å². The molecule has 0 amide bonds. The Kier molecular flexibility index (Phi) is 6.27. The highest BCUT2D eigenvalue weighted by Crippen LogP contribution is 2.31. The molecule has 0 radical (unpaired) electrons. The second-order valence-electron chi connectivity index (χ2n) is 6.69. The van der Waals surface area contributed by atoms with Gasteiger partial charge >= 0.3 is 0 Å². The fraction of sp³-hybridized carbons (Fsp3) is 0.333. The van der Waals surface area contributed by atoms with E-state index in [1.165, 1.54) is 0 Å². The van der Waals surface area contributed by atoms with Gasteiger partial charge in [0.05, 0.1) is 40.2 Å². The van der Waals surface area contributed by atoms with Gasteiger partial charge in [-0.3, -0.25) is 0 Å². The van der Waals surface area contributed by atoms with Crippen molar-refractivity contribution in [2.24, 2.45) is 0 Å². The number of hydrogen-bond acceptors (Lipinski definition) is 10. The van der Waals surface area contributed by atoms with Crippen LogP contribution in [0.3, 0.4) is 0 Å². The van der Waals surface area contributed by atoms with E-state index in [-0.39, 0.29) is 0 Å². The number of nitrogens with zero attached hydrogens (tertiary/aromatic N) is 5. The Balaban J connectivity index is 1.74. The molecule has 10 nitrogen and oxygen atoms in total. The molecule has 4 rings (SSSR count). The Morgan fingerprint density at radius 3 is 2.55 bits per heavy atom. The first-order valence-electron chi connectivity index (χ1n) is 9.77. The van der Waals surface area contributed by atoms with Crippen molar-refractivity contribution in [2.45, 2.75) is 0 Å². The van der Waals surface area contributed by atoms with E-state index in [9.17, 15) is 0 Å². The third-order valence-electron chi connectivity index (χ3n) is 4.75. The highest BCUT2D eigenvalue weighted by atomic mass is 16.5. The quantitative estimate of drug-likeness (QED) is 0.608. The van der Waals surface area contributed by atoms with Gasteiger partial charge in [-0.2, -0.15) is 4.98 Å². The summed E-state index contributed by atoms with van der Waals surface area (Å²) in [5.74, 6) is 2.70. The van der Waals surface area contributed by atoms with Crippen LogP contribution in [0.15, 0.2) is 36.7 Å². The zero-order valence-corrected chi connectivity index (χ0v) is 17.7. The summed E-state index contributed by atoms with van der Waals surface area (Å²) in [7, 11) is 4.71. The van der Waals surface area contributed by atoms with Gasteiger partial charge in [-0.15, -0.1) is 0 Å². The maximum absolute atomic E-state index is 5.47. The van der Waals surface area contributed by atoms with Gasteiger partial charge in [0, 0.05) is 48.9 Å². The first-order chi connectivity index (χ1) is 15.2. The van der Waals surface area contributed by atoms with E-state index in [0.29, 0.717) is 48.2 Å². The summed E-state index contributed by atoms with van der Waals surface area (Å²) in [5.41, 5.74) is 2.29. The summed E-state index contributed by atoms with van der Waals surface area (Å²) < 4.78 is 21.3. The van der Waals surface area contributed by atoms with Crippen molar-refractivity contribution >= 4 is 17.5 Å². The molecule has 162 valence electrons. The Hall–Kier alpha value is -3.66. The Bertz CT molecular complexity index is 1040. The average Bonchev–Trinajstić information content (AvgIpc) is 2.84. The van der Waals surface area contributed by atoms with Crippen LogP contribution < -0.4 is 24.4 Å². The van der Waals surface area contributed by atoms with E-state index >= 15 is 0 Å². The molecule has 0 atom stereocenters. The molecule has 0 unspecified atom stereocenters. The first kappa shape index (κ1) is 20.6. The molecule has 1 N–H and O–H groups in total. The second kappa shape index (κ2) is 9.43. The van der Waals surface area contributed by atoms with Crippen LogP contribution in [0.2, 0.25) is 0 Å². The maximum atomic E-state index is 5.47. The Morgan fingerprint density at radius 2 is 1.81 bits per heavy atom. The van der Waals surface area contributed by atoms with Gasteiger partial charge in [0.2, 0.25) is 11.8 Å². The molecular formula is C21H24N6O4. The van der Waals surface area contributed by atoms with E-state index in [4.69, 9.17) is 28.9 Å². The lowest BCUT2D eigenvalue weighted by Gasteiger charge is -2.27. The summed E-state index contributed by atoms with van der Waals surface area (Å²) >= 11 is 0. The Labute approximate surface area is 180 Å². The van der Waals surface area contributed by atoms with Crippen LogP contribution in [0.5, 0.6) is 17.5 Å². The van der Waals surface area contributed by atoms with Crippen molar-refractivity contribution in [3.8, 4) is 28.8 Å². The molecule has 3 aromatic rings. The molecule has 31 heavy (non-hydrogen) atoms. The second-order valence-corrected chi connectivity index (χ2v) is 6.69. The van der Waals surface area contributed by atoms with Crippen LogP contribution in [0.25, 0.3) is 11.3 Å². The molecule has 10 heteroatoms. The van der Waals surface area contributed by atoms with Gasteiger partial charge in [0.1, 0.15) is 5.82 Å². The number of pyridine rings is 2. The van der Waals surface area contributed by atoms with Gasteiger partial charge in [0.15, 0.2) is 5.75 Å². The van der Waals surface area contributed by atoms with Crippen molar-refractivity contribution in [1.82, 2.24) is 19.9 Å². The lowest BCUT2D eigenvalue weighted by atomic mass is 10.2. The normalized spacial score (nSPS) is 13.6. The monoisotopic (exact) mass is 424 g/mol. The molecule has 1 fully saturated rings. The number of nitrogens with one attached hydrogen (secondary N) is 1. The number of morpholine rings is 1. The smallest absolute Gasteiger partial charge is 0.256 e. The third-order valence-corrected chi connectivity index (χ3v) is 4.75. The first-order valence-corrected chi connectivity index (χ1v) is 9.77. The molecule has 1 aliphatic rings. The number of aromatic nitrogens is 4. The van der Waals surface area contributed by atoms with Gasteiger partial charge in [-0.1, -0.05) is 0 Å². The van der Waals surface area contributed by atoms with Crippen LogP contribution in [-0.4, -0.2) is 67.6 Å². The lowest BCUT2D eigenvalue weighted by molar-refractivity contribution is 0.122. The lowest BCUT2D eigenvalue weighted by Crippen LogP contribution is -2.37. The summed E-state index contributed by atoms with van der Waals surface area (Å²) in [6.45, 7) is 2.71. The number of anilines is 3. The molecule has 0 bridgehead atoms. The Morgan fingerprint density at radius 1 is 0.968 bits per heavy atom. The highest BCUT2D eigenvalue weighted by Gasteiger charge is 2.18. The summed E-state index contributed by atoms with van der Waals surface area (Å²) in [6, 6.07) is 7.35. The van der Waals surface area contributed by atoms with E-state index in [1.54, 1.807) is 39.8 Å². The fourth-order valence-electron chi connectivity index (χ4n) is 3.17. The number of ether oxygens (including phenoxy) is 4. The summed E-state index contributed by atoms with van der Waals surface area (Å²) in [6.07, 6.45) is 3.37. The predicted octanol–water partition coefficient (Wildman–Crippen LogP) is 2.54. The minimum Gasteiger partial charge on any atom is -0.491 e. The van der Waals surface area contributed by atoms with Crippen LogP contribution >= 0.6 is 0 Å². The predicted molar refractivity (Wildman–Crippen MR) is 115 cm³/mol. The summed E-state index contributed by atoms with van der Waals surface area (Å²) in [4.78, 5) is 20.1. The number of hydrogen-bond donors (Lipinski definition) is 1. The van der Waals surface area contributed by atoms with E-state index in [0.717, 1.165) is 24.3 Å². The highest BCUT2D eigenvalue weighted by molar-refractivity contribution is 5.68. The zero-order valence-electron chi connectivity index (χ0n) is 17.7. The van der Waals surface area contributed by atoms with Crippen LogP contribution in [0.4, 0.5) is 17.5 Å². The van der Waals surface area contributed by atoms with Gasteiger partial charge < -0.3 is 29.2 Å².